The van der Waals surface area contributed by atoms with Gasteiger partial charge in [-0.1, -0.05) is 19.9 Å². The zero-order valence-corrected chi connectivity index (χ0v) is 10.6. The van der Waals surface area contributed by atoms with E-state index in [4.69, 9.17) is 21.4 Å². The fourth-order valence-corrected chi connectivity index (χ4v) is 2.74. The Bertz CT molecular complexity index is 275. The summed E-state index contributed by atoms with van der Waals surface area (Å²) in [5, 5.41) is 8.73. The van der Waals surface area contributed by atoms with Crippen molar-refractivity contribution >= 4 is 17.6 Å². The molecule has 92 valence electrons. The van der Waals surface area contributed by atoms with Gasteiger partial charge in [0.25, 0.3) is 0 Å². The lowest BCUT2D eigenvalue weighted by Crippen LogP contribution is -2.41. The highest BCUT2D eigenvalue weighted by Gasteiger charge is 2.38. The van der Waals surface area contributed by atoms with Crippen molar-refractivity contribution in [2.45, 2.75) is 31.7 Å². The summed E-state index contributed by atoms with van der Waals surface area (Å²) in [5.74, 6) is -0.214. The first kappa shape index (κ1) is 13.5. The predicted molar refractivity (Wildman–Crippen MR) is 63.6 cm³/mol. The number of carboxylic acid groups (broad SMARTS) is 1. The molecule has 1 fully saturated rings. The maximum absolute atomic E-state index is 10.5. The maximum Gasteiger partial charge on any atom is 0.327 e. The molecule has 0 aromatic heterocycles. The summed E-state index contributed by atoms with van der Waals surface area (Å²) in [6, 6.07) is 0. The molecule has 1 N–H and O–H groups in total. The minimum Gasteiger partial charge on any atom is -0.478 e. The number of hydrogen-bond donors (Lipinski definition) is 1. The highest BCUT2D eigenvalue weighted by molar-refractivity contribution is 6.21. The molecule has 1 aliphatic rings. The summed E-state index contributed by atoms with van der Waals surface area (Å²) < 4.78 is 5.42. The van der Waals surface area contributed by atoms with Crippen LogP contribution in [0.3, 0.4) is 0 Å². The molecule has 0 unspecified atom stereocenters. The van der Waals surface area contributed by atoms with Crippen LogP contribution in [0.2, 0.25) is 0 Å². The van der Waals surface area contributed by atoms with Crippen molar-refractivity contribution in [2.24, 2.45) is 17.8 Å². The van der Waals surface area contributed by atoms with E-state index in [0.717, 1.165) is 6.42 Å². The minimum absolute atomic E-state index is 0.0654. The SMILES string of the molecule is CO[C@H]1C[C@@H](C)[C@@H](Cl)[C@@H](C)[C@H]1/C=C\C(=O)O. The lowest BCUT2D eigenvalue weighted by Gasteiger charge is -2.40. The van der Waals surface area contributed by atoms with Gasteiger partial charge in [0.05, 0.1) is 6.10 Å². The zero-order chi connectivity index (χ0) is 12.3. The average Bonchev–Trinajstić information content (AvgIpc) is 2.23. The summed E-state index contributed by atoms with van der Waals surface area (Å²) in [6.45, 7) is 4.16. The molecule has 0 bridgehead atoms. The van der Waals surface area contributed by atoms with Crippen molar-refractivity contribution in [3.63, 3.8) is 0 Å². The second kappa shape index (κ2) is 5.69. The van der Waals surface area contributed by atoms with E-state index in [1.54, 1.807) is 13.2 Å². The second-order valence-corrected chi connectivity index (χ2v) is 5.07. The minimum atomic E-state index is -0.924. The molecule has 5 atom stereocenters. The van der Waals surface area contributed by atoms with E-state index in [0.29, 0.717) is 5.92 Å². The van der Waals surface area contributed by atoms with E-state index in [1.807, 2.05) is 0 Å². The number of ether oxygens (including phenoxy) is 1. The molecule has 0 saturated heterocycles. The van der Waals surface area contributed by atoms with Gasteiger partial charge < -0.3 is 9.84 Å². The molecule has 16 heavy (non-hydrogen) atoms. The van der Waals surface area contributed by atoms with E-state index in [2.05, 4.69) is 13.8 Å². The Morgan fingerprint density at radius 3 is 2.62 bits per heavy atom. The lowest BCUT2D eigenvalue weighted by molar-refractivity contribution is -0.131. The first-order chi connectivity index (χ1) is 7.47. The molecule has 1 saturated carbocycles. The Balaban J connectivity index is 2.81. The molecule has 1 aliphatic carbocycles. The van der Waals surface area contributed by atoms with Crippen LogP contribution in [0.1, 0.15) is 20.3 Å². The first-order valence-electron chi connectivity index (χ1n) is 5.55. The molecule has 0 radical (unpaired) electrons. The Labute approximate surface area is 101 Å². The van der Waals surface area contributed by atoms with E-state index >= 15 is 0 Å². The lowest BCUT2D eigenvalue weighted by atomic mass is 9.73. The fraction of sp³-hybridized carbons (Fsp3) is 0.750. The van der Waals surface area contributed by atoms with Crippen LogP contribution in [-0.4, -0.2) is 29.7 Å². The van der Waals surface area contributed by atoms with Crippen molar-refractivity contribution in [3.8, 4) is 0 Å². The predicted octanol–water partition coefficient (Wildman–Crippen LogP) is 2.54. The number of carboxylic acids is 1. The van der Waals surface area contributed by atoms with E-state index in [-0.39, 0.29) is 23.3 Å². The number of methoxy groups -OCH3 is 1. The highest BCUT2D eigenvalue weighted by atomic mass is 35.5. The Kier molecular flexibility index (Phi) is 4.81. The van der Waals surface area contributed by atoms with Crippen molar-refractivity contribution in [1.29, 1.82) is 0 Å². The van der Waals surface area contributed by atoms with Crippen LogP contribution in [0.25, 0.3) is 0 Å². The van der Waals surface area contributed by atoms with Gasteiger partial charge in [-0.2, -0.15) is 0 Å². The first-order valence-corrected chi connectivity index (χ1v) is 5.99. The third kappa shape index (κ3) is 2.98. The van der Waals surface area contributed by atoms with Crippen LogP contribution in [0, 0.1) is 17.8 Å². The normalized spacial score (nSPS) is 40.1. The number of hydrogen-bond acceptors (Lipinski definition) is 2. The summed E-state index contributed by atoms with van der Waals surface area (Å²) in [5.41, 5.74) is 0. The van der Waals surface area contributed by atoms with Crippen molar-refractivity contribution < 1.29 is 14.6 Å². The molecule has 0 aromatic carbocycles. The molecule has 3 nitrogen and oxygen atoms in total. The summed E-state index contributed by atoms with van der Waals surface area (Å²) in [7, 11) is 1.67. The Morgan fingerprint density at radius 2 is 2.12 bits per heavy atom. The number of carbonyl (C=O) groups is 1. The van der Waals surface area contributed by atoms with Crippen LogP contribution in [-0.2, 0) is 9.53 Å². The number of rotatable bonds is 3. The third-order valence-electron chi connectivity index (χ3n) is 3.45. The van der Waals surface area contributed by atoms with E-state index in [9.17, 15) is 4.79 Å². The molecule has 0 aliphatic heterocycles. The Hall–Kier alpha value is -0.540. The fourth-order valence-electron chi connectivity index (χ4n) is 2.47. The average molecular weight is 247 g/mol. The zero-order valence-electron chi connectivity index (χ0n) is 9.89. The molecule has 0 spiro atoms. The van der Waals surface area contributed by atoms with Crippen molar-refractivity contribution in [1.82, 2.24) is 0 Å². The van der Waals surface area contributed by atoms with Crippen molar-refractivity contribution in [3.05, 3.63) is 12.2 Å². The van der Waals surface area contributed by atoms with Gasteiger partial charge in [-0.3, -0.25) is 0 Å². The van der Waals surface area contributed by atoms with Crippen LogP contribution >= 0.6 is 11.6 Å². The summed E-state index contributed by atoms with van der Waals surface area (Å²) in [4.78, 5) is 10.5. The number of aliphatic carboxylic acids is 1. The van der Waals surface area contributed by atoms with Gasteiger partial charge >= 0.3 is 5.97 Å². The molecule has 0 aromatic rings. The molecule has 1 rings (SSSR count). The molecule has 0 heterocycles. The van der Waals surface area contributed by atoms with Crippen LogP contribution in [0.4, 0.5) is 0 Å². The smallest absolute Gasteiger partial charge is 0.327 e. The molecular weight excluding hydrogens is 228 g/mol. The van der Waals surface area contributed by atoms with Gasteiger partial charge in [-0.05, 0) is 18.3 Å². The number of halogens is 1. The monoisotopic (exact) mass is 246 g/mol. The Morgan fingerprint density at radius 1 is 1.50 bits per heavy atom. The molecule has 0 amide bonds. The van der Waals surface area contributed by atoms with E-state index in [1.165, 1.54) is 6.08 Å². The largest absolute Gasteiger partial charge is 0.478 e. The van der Waals surface area contributed by atoms with Gasteiger partial charge in [-0.25, -0.2) is 4.79 Å². The molecule has 4 heteroatoms. The maximum atomic E-state index is 10.5. The van der Waals surface area contributed by atoms with Gasteiger partial charge in [0.1, 0.15) is 0 Å². The summed E-state index contributed by atoms with van der Waals surface area (Å²) in [6.07, 6.45) is 3.84. The van der Waals surface area contributed by atoms with Crippen LogP contribution in [0.15, 0.2) is 12.2 Å². The highest BCUT2D eigenvalue weighted by Crippen LogP contribution is 2.39. The van der Waals surface area contributed by atoms with Gasteiger partial charge in [0, 0.05) is 24.5 Å². The van der Waals surface area contributed by atoms with Gasteiger partial charge in [0.2, 0.25) is 0 Å². The van der Waals surface area contributed by atoms with Crippen LogP contribution in [0.5, 0.6) is 0 Å². The van der Waals surface area contributed by atoms with Gasteiger partial charge in [0.15, 0.2) is 0 Å². The van der Waals surface area contributed by atoms with Crippen molar-refractivity contribution in [2.75, 3.05) is 7.11 Å². The van der Waals surface area contributed by atoms with Crippen LogP contribution < -0.4 is 0 Å². The van der Waals surface area contributed by atoms with E-state index < -0.39 is 5.97 Å². The topological polar surface area (TPSA) is 46.5 Å². The number of alkyl halides is 1. The summed E-state index contributed by atoms with van der Waals surface area (Å²) >= 11 is 6.31. The second-order valence-electron chi connectivity index (χ2n) is 4.57. The standard InChI is InChI=1S/C12H19ClO3/c1-7-6-10(16-3)9(4-5-11(14)15)8(2)12(7)13/h4-5,7-10,12H,6H2,1-3H3,(H,14,15)/b5-4-/t7-,8+,9-,10+,12-/m1/s1. The quantitative estimate of drug-likeness (QED) is 0.615. The molecular formula is C12H19ClO3. The third-order valence-corrected chi connectivity index (χ3v) is 4.28. The van der Waals surface area contributed by atoms with Gasteiger partial charge in [-0.15, -0.1) is 11.6 Å².